The molecular formula is C21H31NO8. The van der Waals surface area contributed by atoms with Gasteiger partial charge >= 0.3 is 5.97 Å². The largest absolute Gasteiger partial charge is 0.465 e. The monoisotopic (exact) mass is 425 g/mol. The maximum atomic E-state index is 13.0. The molecule has 5 saturated heterocycles. The molecule has 0 aromatic carbocycles. The molecule has 0 bridgehead atoms. The maximum absolute atomic E-state index is 13.0. The number of esters is 1. The van der Waals surface area contributed by atoms with Crippen LogP contribution in [0.25, 0.3) is 0 Å². The molecule has 0 spiro atoms. The molecule has 0 saturated carbocycles. The Kier molecular flexibility index (Phi) is 4.39. The molecule has 5 aliphatic heterocycles. The Morgan fingerprint density at radius 1 is 1.00 bits per heavy atom. The van der Waals surface area contributed by atoms with Crippen LogP contribution in [-0.4, -0.2) is 85.2 Å². The second kappa shape index (κ2) is 6.38. The summed E-state index contributed by atoms with van der Waals surface area (Å²) in [5.41, 5.74) is -0.403. The van der Waals surface area contributed by atoms with E-state index in [4.69, 9.17) is 28.4 Å². The summed E-state index contributed by atoms with van der Waals surface area (Å²) in [6, 6.07) is -0.492. The van der Waals surface area contributed by atoms with E-state index < -0.39 is 35.3 Å². The normalized spacial score (nSPS) is 48.9. The lowest BCUT2D eigenvalue weighted by Gasteiger charge is -2.49. The summed E-state index contributed by atoms with van der Waals surface area (Å²) in [7, 11) is 1.55. The van der Waals surface area contributed by atoms with Crippen molar-refractivity contribution in [1.82, 2.24) is 4.90 Å². The van der Waals surface area contributed by atoms with Crippen molar-refractivity contribution in [3.8, 4) is 0 Å². The molecule has 30 heavy (non-hydrogen) atoms. The van der Waals surface area contributed by atoms with Crippen LogP contribution in [0.2, 0.25) is 0 Å². The predicted molar refractivity (Wildman–Crippen MR) is 101 cm³/mol. The van der Waals surface area contributed by atoms with E-state index >= 15 is 0 Å². The molecule has 1 amide bonds. The zero-order valence-corrected chi connectivity index (χ0v) is 18.4. The van der Waals surface area contributed by atoms with E-state index in [0.717, 1.165) is 0 Å². The molecule has 9 nitrogen and oxygen atoms in total. The number of hydrogen-bond donors (Lipinski definition) is 0. The summed E-state index contributed by atoms with van der Waals surface area (Å²) in [6.07, 6.45) is -1.51. The minimum Gasteiger partial charge on any atom is -0.465 e. The Morgan fingerprint density at radius 2 is 1.70 bits per heavy atom. The van der Waals surface area contributed by atoms with Gasteiger partial charge in [-0.25, -0.2) is 0 Å². The minimum atomic E-state index is -0.844. The Hall–Kier alpha value is -1.26. The van der Waals surface area contributed by atoms with E-state index in [2.05, 4.69) is 6.92 Å². The number of cyclic esters (lactones) is 1. The zero-order chi connectivity index (χ0) is 21.6. The van der Waals surface area contributed by atoms with Gasteiger partial charge < -0.3 is 33.3 Å². The van der Waals surface area contributed by atoms with Crippen molar-refractivity contribution in [2.45, 2.75) is 89.1 Å². The van der Waals surface area contributed by atoms with Crippen molar-refractivity contribution >= 4 is 11.9 Å². The van der Waals surface area contributed by atoms with Gasteiger partial charge in [0.25, 0.3) is 5.91 Å². The van der Waals surface area contributed by atoms with Crippen molar-refractivity contribution in [3.63, 3.8) is 0 Å². The van der Waals surface area contributed by atoms with Crippen LogP contribution in [0.5, 0.6) is 0 Å². The third-order valence-corrected chi connectivity index (χ3v) is 7.42. The van der Waals surface area contributed by atoms with Gasteiger partial charge in [0, 0.05) is 18.4 Å². The van der Waals surface area contributed by atoms with Crippen molar-refractivity contribution in [2.75, 3.05) is 20.3 Å². The first-order chi connectivity index (χ1) is 14.0. The van der Waals surface area contributed by atoms with Gasteiger partial charge in [-0.1, -0.05) is 6.92 Å². The molecule has 0 aromatic heterocycles. The highest BCUT2D eigenvalue weighted by molar-refractivity contribution is 5.90. The number of β-lactam (4-membered cyclic amide) rings is 1. The molecule has 9 heteroatoms. The summed E-state index contributed by atoms with van der Waals surface area (Å²) < 4.78 is 35.5. The third kappa shape index (κ3) is 2.79. The van der Waals surface area contributed by atoms with Gasteiger partial charge in [0.2, 0.25) is 0 Å². The summed E-state index contributed by atoms with van der Waals surface area (Å²) in [5.74, 6) is -1.99. The van der Waals surface area contributed by atoms with Gasteiger partial charge in [-0.2, -0.15) is 0 Å². The van der Waals surface area contributed by atoms with Crippen LogP contribution in [0, 0.1) is 11.3 Å². The molecule has 5 rings (SSSR count). The summed E-state index contributed by atoms with van der Waals surface area (Å²) >= 11 is 0. The summed E-state index contributed by atoms with van der Waals surface area (Å²) in [4.78, 5) is 27.1. The smallest absolute Gasteiger partial charge is 0.306 e. The van der Waals surface area contributed by atoms with Crippen molar-refractivity contribution in [3.05, 3.63) is 0 Å². The first-order valence-electron chi connectivity index (χ1n) is 10.7. The molecule has 0 radical (unpaired) electrons. The predicted octanol–water partition coefficient (Wildman–Crippen LogP) is 0.835. The van der Waals surface area contributed by atoms with Gasteiger partial charge in [0.15, 0.2) is 17.7 Å². The Bertz CT molecular complexity index is 768. The van der Waals surface area contributed by atoms with E-state index in [1.807, 2.05) is 32.6 Å². The van der Waals surface area contributed by atoms with E-state index in [1.165, 1.54) is 0 Å². The maximum Gasteiger partial charge on any atom is 0.306 e. The Morgan fingerprint density at radius 3 is 2.33 bits per heavy atom. The van der Waals surface area contributed by atoms with Crippen molar-refractivity contribution in [1.29, 1.82) is 0 Å². The minimum absolute atomic E-state index is 0.0773. The van der Waals surface area contributed by atoms with Crippen LogP contribution >= 0.6 is 0 Å². The van der Waals surface area contributed by atoms with Gasteiger partial charge in [-0.05, 0) is 27.7 Å². The summed E-state index contributed by atoms with van der Waals surface area (Å²) in [6.45, 7) is 10.2. The van der Waals surface area contributed by atoms with E-state index in [0.29, 0.717) is 6.61 Å². The van der Waals surface area contributed by atoms with Crippen LogP contribution in [0.1, 0.15) is 41.0 Å². The fraction of sp³-hybridized carbons (Fsp3) is 0.905. The molecular weight excluding hydrogens is 394 g/mol. The molecule has 8 atom stereocenters. The van der Waals surface area contributed by atoms with Crippen molar-refractivity contribution in [2.24, 2.45) is 11.3 Å². The van der Waals surface area contributed by atoms with Crippen LogP contribution in [0.3, 0.4) is 0 Å². The number of carbonyl (C=O) groups excluding carboxylic acids is 2. The van der Waals surface area contributed by atoms with Crippen LogP contribution in [0.15, 0.2) is 0 Å². The fourth-order valence-corrected chi connectivity index (χ4v) is 6.17. The molecule has 5 aliphatic rings. The average Bonchev–Trinajstić information content (AvgIpc) is 3.24. The molecule has 0 aromatic rings. The van der Waals surface area contributed by atoms with E-state index in [9.17, 15) is 9.59 Å². The quantitative estimate of drug-likeness (QED) is 0.485. The molecule has 1 unspecified atom stereocenters. The highest BCUT2D eigenvalue weighted by atomic mass is 16.8. The van der Waals surface area contributed by atoms with Crippen molar-refractivity contribution < 1.29 is 38.0 Å². The highest BCUT2D eigenvalue weighted by Gasteiger charge is 2.73. The van der Waals surface area contributed by atoms with E-state index in [1.54, 1.807) is 7.11 Å². The number of amides is 1. The molecule has 5 fully saturated rings. The second-order valence-corrected chi connectivity index (χ2v) is 10.2. The number of nitrogens with zero attached hydrogens (tertiary/aromatic N) is 1. The number of carbonyl (C=O) groups is 2. The van der Waals surface area contributed by atoms with Gasteiger partial charge in [0.1, 0.15) is 18.3 Å². The lowest BCUT2D eigenvalue weighted by atomic mass is 9.67. The fourth-order valence-electron chi connectivity index (χ4n) is 6.17. The van der Waals surface area contributed by atoms with Crippen LogP contribution in [0.4, 0.5) is 0 Å². The summed E-state index contributed by atoms with van der Waals surface area (Å²) in [5, 5.41) is 0. The number of hydrogen-bond acceptors (Lipinski definition) is 8. The Balaban J connectivity index is 1.52. The topological polar surface area (TPSA) is 92.8 Å². The number of rotatable bonds is 3. The highest BCUT2D eigenvalue weighted by Crippen LogP contribution is 2.58. The average molecular weight is 425 g/mol. The standard InChI is InChI=1S/C21H31NO8/c1-19(2)27-8-11(28-19)14-15(30-20(3,4)29-14)13-10-7-12(23)26-9-21(10,5)17-16(25-6)18(24)22(13)17/h10-11,13-17H,7-9H2,1-6H3/t10-,11+,13-,14+,15+,16-,17?,21-/m0/s1. The Labute approximate surface area is 176 Å². The number of fused-ring (bicyclic) bond motifs is 3. The second-order valence-electron chi connectivity index (χ2n) is 10.2. The van der Waals surface area contributed by atoms with Crippen LogP contribution < -0.4 is 0 Å². The zero-order valence-electron chi connectivity index (χ0n) is 18.4. The van der Waals surface area contributed by atoms with Gasteiger partial charge in [-0.15, -0.1) is 0 Å². The third-order valence-electron chi connectivity index (χ3n) is 7.42. The van der Waals surface area contributed by atoms with Gasteiger partial charge in [-0.3, -0.25) is 9.59 Å². The first kappa shape index (κ1) is 20.6. The molecule has 0 N–H and O–H groups in total. The SMILES string of the molecule is CO[C@@H]1C(=O)N2C1[C@@]1(C)COC(=O)C[C@H]1[C@H]2[C@H]1OC(C)(C)O[C@@H]1[C@H]1COC(C)(C)O1. The van der Waals surface area contributed by atoms with E-state index in [-0.39, 0.29) is 49.0 Å². The molecule has 5 heterocycles. The lowest BCUT2D eigenvalue weighted by Crippen LogP contribution is -2.70. The van der Waals surface area contributed by atoms with Crippen LogP contribution in [-0.2, 0) is 38.0 Å². The molecule has 0 aliphatic carbocycles. The first-order valence-corrected chi connectivity index (χ1v) is 10.7. The molecule has 168 valence electrons. The number of methoxy groups -OCH3 is 1. The number of ether oxygens (including phenoxy) is 6. The lowest BCUT2D eigenvalue weighted by molar-refractivity contribution is -0.185. The van der Waals surface area contributed by atoms with Gasteiger partial charge in [0.05, 0.1) is 31.7 Å².